The van der Waals surface area contributed by atoms with Gasteiger partial charge in [0.05, 0.1) is 11.5 Å². The van der Waals surface area contributed by atoms with E-state index in [0.717, 1.165) is 5.39 Å². The van der Waals surface area contributed by atoms with E-state index in [1.54, 1.807) is 12.1 Å². The van der Waals surface area contributed by atoms with Gasteiger partial charge in [-0.25, -0.2) is 13.1 Å². The Morgan fingerprint density at radius 3 is 2.52 bits per heavy atom. The molecule has 0 radical (unpaired) electrons. The molecule has 1 saturated carbocycles. The zero-order valence-electron chi connectivity index (χ0n) is 15.0. The molecular weight excluding hydrogens is 336 g/mol. The highest BCUT2D eigenvalue weighted by Crippen LogP contribution is 2.31. The fraction of sp³-hybridized carbons (Fsp3) is 0.474. The molecule has 2 aromatic rings. The summed E-state index contributed by atoms with van der Waals surface area (Å²) in [5, 5.41) is 1.50. The molecule has 0 heterocycles. The molecule has 1 unspecified atom stereocenters. The van der Waals surface area contributed by atoms with E-state index >= 15 is 0 Å². The Morgan fingerprint density at radius 2 is 1.88 bits per heavy atom. The fourth-order valence-corrected chi connectivity index (χ4v) is 4.38. The van der Waals surface area contributed by atoms with Crippen LogP contribution in [0.2, 0.25) is 0 Å². The van der Waals surface area contributed by atoms with Crippen LogP contribution in [0, 0.1) is 0 Å². The molecule has 0 spiro atoms. The molecule has 1 aliphatic rings. The number of rotatable bonds is 8. The molecule has 1 fully saturated rings. The average molecular weight is 362 g/mol. The Hall–Kier alpha value is -1.63. The standard InChI is InChI=1S/C19H26N2O3S/c1-4-24-18-11-12-19(17-8-6-5-7-16(17)18)25(22,23)20-13-14(2)21(3)15-9-10-15/h5-8,11-12,14-15,20H,4,9-10,13H2,1-3H3. The lowest BCUT2D eigenvalue weighted by Gasteiger charge is -2.24. The van der Waals surface area contributed by atoms with Crippen LogP contribution in [0.25, 0.3) is 10.8 Å². The predicted octanol–water partition coefficient (Wildman–Crippen LogP) is 3.00. The van der Waals surface area contributed by atoms with Crippen LogP contribution in [0.4, 0.5) is 0 Å². The first kappa shape index (κ1) is 18.2. The zero-order chi connectivity index (χ0) is 18.0. The highest BCUT2D eigenvalue weighted by molar-refractivity contribution is 7.89. The Labute approximate surface area is 150 Å². The molecule has 0 saturated heterocycles. The van der Waals surface area contributed by atoms with E-state index < -0.39 is 10.0 Å². The van der Waals surface area contributed by atoms with Crippen molar-refractivity contribution < 1.29 is 13.2 Å². The number of benzene rings is 2. The number of ether oxygens (including phenoxy) is 1. The van der Waals surface area contributed by atoms with E-state index in [4.69, 9.17) is 4.74 Å². The first-order valence-electron chi connectivity index (χ1n) is 8.80. The van der Waals surface area contributed by atoms with Gasteiger partial charge in [-0.1, -0.05) is 24.3 Å². The summed E-state index contributed by atoms with van der Waals surface area (Å²) in [5.41, 5.74) is 0. The molecule has 0 amide bonds. The van der Waals surface area contributed by atoms with E-state index in [0.29, 0.717) is 35.2 Å². The summed E-state index contributed by atoms with van der Waals surface area (Å²) in [7, 11) is -1.53. The Morgan fingerprint density at radius 1 is 1.20 bits per heavy atom. The number of nitrogens with one attached hydrogen (secondary N) is 1. The van der Waals surface area contributed by atoms with Gasteiger partial charge in [-0.3, -0.25) is 4.90 Å². The van der Waals surface area contributed by atoms with Gasteiger partial charge in [-0.2, -0.15) is 0 Å². The minimum atomic E-state index is -3.58. The molecule has 0 aliphatic heterocycles. The Kier molecular flexibility index (Phi) is 5.32. The van der Waals surface area contributed by atoms with E-state index in [2.05, 4.69) is 23.6 Å². The summed E-state index contributed by atoms with van der Waals surface area (Å²) in [6.07, 6.45) is 2.41. The topological polar surface area (TPSA) is 58.6 Å². The minimum absolute atomic E-state index is 0.163. The van der Waals surface area contributed by atoms with Crippen LogP contribution in [0.15, 0.2) is 41.3 Å². The van der Waals surface area contributed by atoms with Gasteiger partial charge in [-0.05, 0) is 45.9 Å². The van der Waals surface area contributed by atoms with E-state index in [1.807, 2.05) is 31.2 Å². The molecule has 1 N–H and O–H groups in total. The highest BCUT2D eigenvalue weighted by atomic mass is 32.2. The number of hydrogen-bond donors (Lipinski definition) is 1. The van der Waals surface area contributed by atoms with Gasteiger partial charge in [0.15, 0.2) is 0 Å². The van der Waals surface area contributed by atoms with Crippen molar-refractivity contribution in [2.24, 2.45) is 0 Å². The largest absolute Gasteiger partial charge is 0.493 e. The van der Waals surface area contributed by atoms with Crippen molar-refractivity contribution in [3.63, 3.8) is 0 Å². The van der Waals surface area contributed by atoms with Crippen molar-refractivity contribution in [1.29, 1.82) is 0 Å². The normalized spacial score (nSPS) is 16.3. The predicted molar refractivity (Wildman–Crippen MR) is 101 cm³/mol. The van der Waals surface area contributed by atoms with Gasteiger partial charge < -0.3 is 4.74 Å². The average Bonchev–Trinajstić information content (AvgIpc) is 3.44. The summed E-state index contributed by atoms with van der Waals surface area (Å²) in [4.78, 5) is 2.55. The number of sulfonamides is 1. The maximum Gasteiger partial charge on any atom is 0.241 e. The maximum absolute atomic E-state index is 12.9. The second-order valence-corrected chi connectivity index (χ2v) is 8.37. The monoisotopic (exact) mass is 362 g/mol. The molecule has 1 atom stereocenters. The lowest BCUT2D eigenvalue weighted by atomic mass is 10.1. The molecule has 0 bridgehead atoms. The van der Waals surface area contributed by atoms with Gasteiger partial charge in [0.2, 0.25) is 10.0 Å². The zero-order valence-corrected chi connectivity index (χ0v) is 15.8. The van der Waals surface area contributed by atoms with Crippen molar-refractivity contribution in [3.05, 3.63) is 36.4 Å². The Balaban J connectivity index is 1.85. The van der Waals surface area contributed by atoms with Gasteiger partial charge in [0.1, 0.15) is 5.75 Å². The molecule has 0 aromatic heterocycles. The quantitative estimate of drug-likeness (QED) is 0.784. The van der Waals surface area contributed by atoms with E-state index in [1.165, 1.54) is 12.8 Å². The molecule has 5 nitrogen and oxygen atoms in total. The number of likely N-dealkylation sites (N-methyl/N-ethyl adjacent to an activating group) is 1. The van der Waals surface area contributed by atoms with Crippen molar-refractivity contribution in [1.82, 2.24) is 9.62 Å². The Bertz CT molecular complexity index is 847. The van der Waals surface area contributed by atoms with E-state index in [9.17, 15) is 8.42 Å². The molecular formula is C19H26N2O3S. The smallest absolute Gasteiger partial charge is 0.241 e. The molecule has 2 aromatic carbocycles. The molecule has 136 valence electrons. The molecule has 6 heteroatoms. The third-order valence-corrected chi connectivity index (χ3v) is 6.30. The first-order chi connectivity index (χ1) is 11.9. The lowest BCUT2D eigenvalue weighted by Crippen LogP contribution is -2.41. The molecule has 25 heavy (non-hydrogen) atoms. The summed E-state index contributed by atoms with van der Waals surface area (Å²) in [5.74, 6) is 0.707. The van der Waals surface area contributed by atoms with Crippen molar-refractivity contribution in [3.8, 4) is 5.75 Å². The summed E-state index contributed by atoms with van der Waals surface area (Å²) in [6.45, 7) is 4.91. The molecule has 1 aliphatic carbocycles. The van der Waals surface area contributed by atoms with Gasteiger partial charge in [-0.15, -0.1) is 0 Å². The third kappa shape index (κ3) is 3.97. The SMILES string of the molecule is CCOc1ccc(S(=O)(=O)NCC(C)N(C)C2CC2)c2ccccc12. The van der Waals surface area contributed by atoms with Gasteiger partial charge in [0.25, 0.3) is 0 Å². The van der Waals surface area contributed by atoms with Crippen LogP contribution >= 0.6 is 0 Å². The van der Waals surface area contributed by atoms with Crippen molar-refractivity contribution >= 4 is 20.8 Å². The van der Waals surface area contributed by atoms with Crippen LogP contribution in [-0.2, 0) is 10.0 Å². The van der Waals surface area contributed by atoms with Crippen LogP contribution < -0.4 is 9.46 Å². The third-order valence-electron chi connectivity index (χ3n) is 4.82. The summed E-state index contributed by atoms with van der Waals surface area (Å²) < 4.78 is 34.1. The van der Waals surface area contributed by atoms with Crippen molar-refractivity contribution in [2.75, 3.05) is 20.2 Å². The van der Waals surface area contributed by atoms with Crippen LogP contribution in [0.3, 0.4) is 0 Å². The first-order valence-corrected chi connectivity index (χ1v) is 10.3. The lowest BCUT2D eigenvalue weighted by molar-refractivity contribution is 0.248. The highest BCUT2D eigenvalue weighted by Gasteiger charge is 2.30. The van der Waals surface area contributed by atoms with Crippen LogP contribution in [-0.4, -0.2) is 45.6 Å². The van der Waals surface area contributed by atoms with E-state index in [-0.39, 0.29) is 6.04 Å². The second kappa shape index (κ2) is 7.32. The fourth-order valence-electron chi connectivity index (χ4n) is 3.05. The van der Waals surface area contributed by atoms with Gasteiger partial charge >= 0.3 is 0 Å². The second-order valence-electron chi connectivity index (χ2n) is 6.64. The number of fused-ring (bicyclic) bond motifs is 1. The van der Waals surface area contributed by atoms with Crippen LogP contribution in [0.5, 0.6) is 5.75 Å². The summed E-state index contributed by atoms with van der Waals surface area (Å²) in [6, 6.07) is 11.6. The number of hydrogen-bond acceptors (Lipinski definition) is 4. The van der Waals surface area contributed by atoms with Crippen LogP contribution in [0.1, 0.15) is 26.7 Å². The minimum Gasteiger partial charge on any atom is -0.493 e. The van der Waals surface area contributed by atoms with Gasteiger partial charge in [0, 0.05) is 29.4 Å². The van der Waals surface area contributed by atoms with Crippen molar-refractivity contribution in [2.45, 2.75) is 43.7 Å². The molecule has 3 rings (SSSR count). The number of nitrogens with zero attached hydrogens (tertiary/aromatic N) is 1. The summed E-state index contributed by atoms with van der Waals surface area (Å²) >= 11 is 0. The maximum atomic E-state index is 12.9.